The molecule has 62 heavy (non-hydrogen) atoms. The number of Topliss-reactive ketones (excluding diaryl/α,β-unsaturated/α-hetero) is 1. The van der Waals surface area contributed by atoms with Crippen LogP contribution < -0.4 is 16.4 Å². The summed E-state index contributed by atoms with van der Waals surface area (Å²) in [5.41, 5.74) is 18.9. The van der Waals surface area contributed by atoms with E-state index in [4.69, 9.17) is 5.73 Å². The summed E-state index contributed by atoms with van der Waals surface area (Å²) < 4.78 is 0. The molecule has 0 spiro atoms. The summed E-state index contributed by atoms with van der Waals surface area (Å²) in [6.07, 6.45) is 29.7. The van der Waals surface area contributed by atoms with Crippen LogP contribution in [0.25, 0.3) is 0 Å². The standard InChI is InChI=1S/C54H83N5O3/c1-11-19-49(38-60)58-53-50(46(10)57-54(55)59-53)37-47-32-33-48(36-45(47)9)51(61)30-18-35-56-52(62)34-31-44(8)29-17-28-43(7)27-16-25-41(5)22-13-12-21-40(4)24-15-26-42(6)23-14-20-39(2)3/h20-22,26-27,29,32-33,36,49,60H,11-19,23-25,28,30-31,34-35,37-38H2,1-10H3,(H,56,62)(H3,55,57,58,59)/b40-21+,41-22+,42-26+,43-27+,44-29+/t49-/m0/s1. The van der Waals surface area contributed by atoms with Crippen LogP contribution in [0.1, 0.15) is 191 Å². The number of nitrogens with zero attached hydrogens (tertiary/aromatic N) is 2. The van der Waals surface area contributed by atoms with E-state index in [1.807, 2.05) is 32.0 Å². The van der Waals surface area contributed by atoms with Crippen molar-refractivity contribution in [1.82, 2.24) is 15.3 Å². The highest BCUT2D eigenvalue weighted by Crippen LogP contribution is 2.25. The molecule has 0 aliphatic heterocycles. The maximum Gasteiger partial charge on any atom is 0.222 e. The van der Waals surface area contributed by atoms with Gasteiger partial charge in [0.2, 0.25) is 11.9 Å². The second kappa shape index (κ2) is 30.5. The number of nitrogens with two attached hydrogens (primary N) is 1. The zero-order valence-electron chi connectivity index (χ0n) is 40.4. The lowest BCUT2D eigenvalue weighted by atomic mass is 9.95. The Balaban J connectivity index is 1.66. The number of aryl methyl sites for hydroxylation is 2. The van der Waals surface area contributed by atoms with Crippen LogP contribution in [0.5, 0.6) is 0 Å². The number of allylic oxidation sites excluding steroid dienone is 12. The van der Waals surface area contributed by atoms with Crippen LogP contribution in [-0.2, 0) is 11.2 Å². The van der Waals surface area contributed by atoms with Crippen molar-refractivity contribution >= 4 is 23.5 Å². The van der Waals surface area contributed by atoms with Gasteiger partial charge in [-0.3, -0.25) is 9.59 Å². The number of unbranched alkanes of at least 4 members (excludes halogenated alkanes) is 1. The van der Waals surface area contributed by atoms with Crippen molar-refractivity contribution in [3.05, 3.63) is 116 Å². The number of aromatic nitrogens is 2. The molecule has 2 aromatic rings. The number of hydrogen-bond donors (Lipinski definition) is 4. The molecule has 5 N–H and O–H groups in total. The van der Waals surface area contributed by atoms with Crippen LogP contribution in [0.3, 0.4) is 0 Å². The smallest absolute Gasteiger partial charge is 0.222 e. The molecule has 1 aromatic heterocycles. The normalized spacial score (nSPS) is 13.3. The van der Waals surface area contributed by atoms with Crippen molar-refractivity contribution in [2.24, 2.45) is 0 Å². The minimum absolute atomic E-state index is 0.0000856. The van der Waals surface area contributed by atoms with Crippen LogP contribution >= 0.6 is 0 Å². The first kappa shape index (κ1) is 53.6. The quantitative estimate of drug-likeness (QED) is 0.0350. The molecule has 0 bridgehead atoms. The van der Waals surface area contributed by atoms with Crippen molar-refractivity contribution in [1.29, 1.82) is 0 Å². The summed E-state index contributed by atoms with van der Waals surface area (Å²) in [6, 6.07) is 5.68. The summed E-state index contributed by atoms with van der Waals surface area (Å²) in [7, 11) is 0. The second-order valence-corrected chi connectivity index (χ2v) is 17.8. The molecule has 0 fully saturated rings. The Morgan fingerprint density at radius 1 is 0.710 bits per heavy atom. The van der Waals surface area contributed by atoms with Gasteiger partial charge < -0.3 is 21.5 Å². The first-order chi connectivity index (χ1) is 29.6. The summed E-state index contributed by atoms with van der Waals surface area (Å²) in [5.74, 6) is 0.917. The topological polar surface area (TPSA) is 130 Å². The monoisotopic (exact) mass is 850 g/mol. The summed E-state index contributed by atoms with van der Waals surface area (Å²) in [6.45, 7) is 21.9. The van der Waals surface area contributed by atoms with Crippen LogP contribution in [0, 0.1) is 13.8 Å². The van der Waals surface area contributed by atoms with Gasteiger partial charge in [-0.25, -0.2) is 4.98 Å². The Kier molecular flexibility index (Phi) is 26.3. The van der Waals surface area contributed by atoms with Gasteiger partial charge in [0.15, 0.2) is 5.78 Å². The molecule has 2 rings (SSSR count). The maximum atomic E-state index is 13.1. The van der Waals surface area contributed by atoms with Crippen molar-refractivity contribution in [2.75, 3.05) is 24.2 Å². The number of nitrogen functional groups attached to an aromatic ring is 1. The molecule has 1 heterocycles. The van der Waals surface area contributed by atoms with Gasteiger partial charge in [0.05, 0.1) is 12.6 Å². The van der Waals surface area contributed by atoms with Gasteiger partial charge in [0.25, 0.3) is 0 Å². The van der Waals surface area contributed by atoms with Gasteiger partial charge >= 0.3 is 0 Å². The highest BCUT2D eigenvalue weighted by atomic mass is 16.3. The Labute approximate surface area is 376 Å². The van der Waals surface area contributed by atoms with Gasteiger partial charge in [-0.2, -0.15) is 4.98 Å². The fraction of sp³-hybridized carbons (Fsp3) is 0.556. The van der Waals surface area contributed by atoms with Crippen LogP contribution in [0.15, 0.2) is 88.1 Å². The number of rotatable bonds is 30. The average Bonchev–Trinajstić information content (AvgIpc) is 3.21. The molecular weight excluding hydrogens is 767 g/mol. The van der Waals surface area contributed by atoms with Gasteiger partial charge in [-0.05, 0) is 163 Å². The van der Waals surface area contributed by atoms with Crippen molar-refractivity contribution in [3.8, 4) is 0 Å². The lowest BCUT2D eigenvalue weighted by Gasteiger charge is -2.20. The molecule has 8 heteroatoms. The summed E-state index contributed by atoms with van der Waals surface area (Å²) >= 11 is 0. The molecule has 0 saturated heterocycles. The second-order valence-electron chi connectivity index (χ2n) is 17.8. The van der Waals surface area contributed by atoms with Gasteiger partial charge in [0.1, 0.15) is 5.82 Å². The van der Waals surface area contributed by atoms with E-state index in [0.717, 1.165) is 99.4 Å². The molecule has 0 radical (unpaired) electrons. The lowest BCUT2D eigenvalue weighted by Crippen LogP contribution is -2.25. The maximum absolute atomic E-state index is 13.1. The number of ketones is 1. The van der Waals surface area contributed by atoms with E-state index in [1.54, 1.807) is 0 Å². The first-order valence-electron chi connectivity index (χ1n) is 23.4. The van der Waals surface area contributed by atoms with E-state index in [2.05, 4.69) is 112 Å². The van der Waals surface area contributed by atoms with Gasteiger partial charge in [-0.1, -0.05) is 95.4 Å². The zero-order chi connectivity index (χ0) is 45.9. The third-order valence-electron chi connectivity index (χ3n) is 11.4. The number of aliphatic hydroxyl groups is 1. The molecule has 0 aliphatic rings. The van der Waals surface area contributed by atoms with Crippen molar-refractivity contribution in [3.63, 3.8) is 0 Å². The summed E-state index contributed by atoms with van der Waals surface area (Å²) in [4.78, 5) is 34.5. The number of carbonyl (C=O) groups excluding carboxylic acids is 2. The first-order valence-corrected chi connectivity index (χ1v) is 23.4. The Morgan fingerprint density at radius 2 is 1.24 bits per heavy atom. The number of aliphatic hydroxyl groups excluding tert-OH is 1. The van der Waals surface area contributed by atoms with Crippen LogP contribution in [-0.4, -0.2) is 46.0 Å². The molecule has 1 amide bonds. The minimum atomic E-state index is -0.121. The van der Waals surface area contributed by atoms with E-state index >= 15 is 0 Å². The fourth-order valence-electron chi connectivity index (χ4n) is 7.37. The lowest BCUT2D eigenvalue weighted by molar-refractivity contribution is -0.121. The summed E-state index contributed by atoms with van der Waals surface area (Å²) in [5, 5.41) is 16.2. The average molecular weight is 850 g/mol. The zero-order valence-corrected chi connectivity index (χ0v) is 40.4. The van der Waals surface area contributed by atoms with E-state index in [0.29, 0.717) is 43.6 Å². The third-order valence-corrected chi connectivity index (χ3v) is 11.4. The molecule has 1 atom stereocenters. The van der Waals surface area contributed by atoms with E-state index in [1.165, 1.54) is 39.9 Å². The molecule has 0 aliphatic carbocycles. The van der Waals surface area contributed by atoms with Crippen LogP contribution in [0.4, 0.5) is 11.8 Å². The highest BCUT2D eigenvalue weighted by Gasteiger charge is 2.17. The highest BCUT2D eigenvalue weighted by molar-refractivity contribution is 5.96. The van der Waals surface area contributed by atoms with E-state index in [9.17, 15) is 14.7 Å². The molecule has 1 aromatic carbocycles. The SMILES string of the molecule is CCC[C@@H](CO)Nc1nc(N)nc(C)c1Cc1ccc(C(=O)CCCNC(=O)CC/C(C)=C/CC/C(C)=C/CC/C(C)=C/CC/C=C(\C)CC/C=C(\C)CCC=C(C)C)cc1C. The largest absolute Gasteiger partial charge is 0.394 e. The van der Waals surface area contributed by atoms with Gasteiger partial charge in [0, 0.05) is 42.6 Å². The van der Waals surface area contributed by atoms with Crippen LogP contribution in [0.2, 0.25) is 0 Å². The predicted octanol–water partition coefficient (Wildman–Crippen LogP) is 13.3. The molecule has 8 nitrogen and oxygen atoms in total. The molecular formula is C54H83N5O3. The predicted molar refractivity (Wildman–Crippen MR) is 265 cm³/mol. The Hall–Kier alpha value is -4.56. The molecule has 0 unspecified atom stereocenters. The van der Waals surface area contributed by atoms with E-state index < -0.39 is 0 Å². The number of hydrogen-bond acceptors (Lipinski definition) is 7. The Bertz CT molecular complexity index is 1890. The minimum Gasteiger partial charge on any atom is -0.394 e. The number of anilines is 2. The molecule has 342 valence electrons. The third kappa shape index (κ3) is 23.0. The number of nitrogens with one attached hydrogen (secondary N) is 2. The number of benzene rings is 1. The molecule has 0 saturated carbocycles. The van der Waals surface area contributed by atoms with Gasteiger partial charge in [-0.15, -0.1) is 0 Å². The number of amides is 1. The fourth-order valence-corrected chi connectivity index (χ4v) is 7.37. The number of carbonyl (C=O) groups is 2. The van der Waals surface area contributed by atoms with Crippen molar-refractivity contribution in [2.45, 2.75) is 184 Å². The van der Waals surface area contributed by atoms with Crippen molar-refractivity contribution < 1.29 is 14.7 Å². The Morgan fingerprint density at radius 3 is 1.76 bits per heavy atom. The van der Waals surface area contributed by atoms with E-state index in [-0.39, 0.29) is 30.3 Å².